The van der Waals surface area contributed by atoms with Crippen LogP contribution in [0.15, 0.2) is 30.6 Å². The predicted octanol–water partition coefficient (Wildman–Crippen LogP) is 1.45. The molecular weight excluding hydrogens is 292 g/mol. The van der Waals surface area contributed by atoms with Gasteiger partial charge in [0, 0.05) is 30.9 Å². The highest BCUT2D eigenvalue weighted by Crippen LogP contribution is 2.30. The summed E-state index contributed by atoms with van der Waals surface area (Å²) in [6.45, 7) is 1.74. The summed E-state index contributed by atoms with van der Waals surface area (Å²) in [7, 11) is 1.92. The molecule has 120 valence electrons. The summed E-state index contributed by atoms with van der Waals surface area (Å²) in [6, 6.07) is 6.32. The number of nitrogens with two attached hydrogens (primary N) is 1. The fraction of sp³-hybridized carbons (Fsp3) is 0.375. The predicted molar refractivity (Wildman–Crippen MR) is 88.3 cm³/mol. The van der Waals surface area contributed by atoms with Crippen LogP contribution in [0.4, 0.5) is 5.82 Å². The third kappa shape index (κ3) is 2.63. The third-order valence-corrected chi connectivity index (χ3v) is 4.26. The van der Waals surface area contributed by atoms with Gasteiger partial charge in [0.1, 0.15) is 18.1 Å². The van der Waals surface area contributed by atoms with Crippen molar-refractivity contribution in [2.75, 3.05) is 18.9 Å². The fourth-order valence-electron chi connectivity index (χ4n) is 3.10. The number of nitrogens with one attached hydrogen (secondary N) is 1. The van der Waals surface area contributed by atoms with Crippen LogP contribution in [-0.2, 0) is 7.05 Å². The quantitative estimate of drug-likeness (QED) is 0.762. The summed E-state index contributed by atoms with van der Waals surface area (Å²) in [4.78, 5) is 0. The molecule has 3 N–H and O–H groups in total. The number of fused-ring (bicyclic) bond motifs is 1. The number of anilines is 1. The van der Waals surface area contributed by atoms with E-state index in [9.17, 15) is 0 Å². The maximum absolute atomic E-state index is 6.02. The Morgan fingerprint density at radius 2 is 2.35 bits per heavy atom. The second-order valence-electron chi connectivity index (χ2n) is 5.94. The van der Waals surface area contributed by atoms with E-state index in [2.05, 4.69) is 15.5 Å². The second-order valence-corrected chi connectivity index (χ2v) is 5.94. The Morgan fingerprint density at radius 3 is 3.17 bits per heavy atom. The zero-order valence-corrected chi connectivity index (χ0v) is 13.1. The van der Waals surface area contributed by atoms with Crippen LogP contribution in [-0.4, -0.2) is 38.6 Å². The molecule has 3 aromatic heterocycles. The molecule has 7 heteroatoms. The number of aromatic nitrogens is 4. The van der Waals surface area contributed by atoms with Crippen LogP contribution in [0.25, 0.3) is 16.8 Å². The Morgan fingerprint density at radius 1 is 1.43 bits per heavy atom. The van der Waals surface area contributed by atoms with Gasteiger partial charge >= 0.3 is 0 Å². The molecule has 1 fully saturated rings. The Kier molecular flexibility index (Phi) is 3.42. The van der Waals surface area contributed by atoms with Crippen molar-refractivity contribution < 1.29 is 4.74 Å². The Bertz CT molecular complexity index is 830. The molecule has 1 aliphatic heterocycles. The average Bonchev–Trinajstić information content (AvgIpc) is 3.23. The topological polar surface area (TPSA) is 82.4 Å². The number of aryl methyl sites for hydroxylation is 1. The van der Waals surface area contributed by atoms with Gasteiger partial charge < -0.3 is 15.8 Å². The number of pyridine rings is 1. The molecule has 1 saturated heterocycles. The Balaban J connectivity index is 1.64. The van der Waals surface area contributed by atoms with Crippen molar-refractivity contribution in [3.63, 3.8) is 0 Å². The molecule has 0 aromatic carbocycles. The van der Waals surface area contributed by atoms with Crippen molar-refractivity contribution in [2.45, 2.75) is 18.9 Å². The molecule has 3 aromatic rings. The molecule has 0 saturated carbocycles. The zero-order valence-electron chi connectivity index (χ0n) is 13.1. The van der Waals surface area contributed by atoms with Gasteiger partial charge in [-0.05, 0) is 31.5 Å². The zero-order chi connectivity index (χ0) is 15.8. The minimum atomic E-state index is 0.431. The van der Waals surface area contributed by atoms with Crippen LogP contribution in [0.3, 0.4) is 0 Å². The number of ether oxygens (including phenoxy) is 1. The molecule has 0 bridgehead atoms. The van der Waals surface area contributed by atoms with Crippen molar-refractivity contribution in [3.05, 3.63) is 30.6 Å². The maximum Gasteiger partial charge on any atom is 0.165 e. The molecule has 0 spiro atoms. The van der Waals surface area contributed by atoms with Crippen molar-refractivity contribution in [3.8, 4) is 17.0 Å². The normalized spacial score (nSPS) is 17.9. The summed E-state index contributed by atoms with van der Waals surface area (Å²) in [5.41, 5.74) is 8.70. The van der Waals surface area contributed by atoms with Gasteiger partial charge in [-0.1, -0.05) is 0 Å². The fourth-order valence-corrected chi connectivity index (χ4v) is 3.10. The van der Waals surface area contributed by atoms with Gasteiger partial charge in [0.2, 0.25) is 0 Å². The van der Waals surface area contributed by atoms with E-state index in [-0.39, 0.29) is 0 Å². The first kappa shape index (κ1) is 14.1. The SMILES string of the molecule is Cn1ncc(OC[C@H]2CCCN2)c1-c1ccn2nc(N)cc2c1. The summed E-state index contributed by atoms with van der Waals surface area (Å²) < 4.78 is 9.62. The lowest BCUT2D eigenvalue weighted by atomic mass is 10.1. The van der Waals surface area contributed by atoms with Gasteiger partial charge in [-0.25, -0.2) is 4.52 Å². The average molecular weight is 312 g/mol. The molecule has 0 unspecified atom stereocenters. The Labute approximate surface area is 134 Å². The lowest BCUT2D eigenvalue weighted by Gasteiger charge is -2.13. The lowest BCUT2D eigenvalue weighted by molar-refractivity contribution is 0.278. The monoisotopic (exact) mass is 312 g/mol. The summed E-state index contributed by atoms with van der Waals surface area (Å²) in [5, 5.41) is 12.0. The number of hydrogen-bond donors (Lipinski definition) is 2. The first-order valence-corrected chi connectivity index (χ1v) is 7.84. The van der Waals surface area contributed by atoms with Gasteiger partial charge in [0.25, 0.3) is 0 Å². The first-order valence-electron chi connectivity index (χ1n) is 7.84. The number of nitrogens with zero attached hydrogens (tertiary/aromatic N) is 4. The highest BCUT2D eigenvalue weighted by atomic mass is 16.5. The molecule has 7 nitrogen and oxygen atoms in total. The van der Waals surface area contributed by atoms with Gasteiger partial charge in [0.15, 0.2) is 5.75 Å². The van der Waals surface area contributed by atoms with Crippen molar-refractivity contribution in [1.82, 2.24) is 24.7 Å². The first-order chi connectivity index (χ1) is 11.2. The highest BCUT2D eigenvalue weighted by Gasteiger charge is 2.18. The summed E-state index contributed by atoms with van der Waals surface area (Å²) in [6.07, 6.45) is 6.06. The highest BCUT2D eigenvalue weighted by molar-refractivity contribution is 5.71. The molecule has 4 rings (SSSR count). The van der Waals surface area contributed by atoms with Crippen molar-refractivity contribution in [2.24, 2.45) is 7.05 Å². The van der Waals surface area contributed by atoms with Gasteiger partial charge in [0.05, 0.1) is 11.7 Å². The van der Waals surface area contributed by atoms with E-state index in [0.29, 0.717) is 18.5 Å². The summed E-state index contributed by atoms with van der Waals surface area (Å²) >= 11 is 0. The van der Waals surface area contributed by atoms with Gasteiger partial charge in [-0.2, -0.15) is 10.2 Å². The molecule has 23 heavy (non-hydrogen) atoms. The van der Waals surface area contributed by atoms with Crippen molar-refractivity contribution in [1.29, 1.82) is 0 Å². The second kappa shape index (κ2) is 5.58. The van der Waals surface area contributed by atoms with Crippen LogP contribution in [0, 0.1) is 0 Å². The van der Waals surface area contributed by atoms with Crippen LogP contribution >= 0.6 is 0 Å². The standard InChI is InChI=1S/C16H20N6O/c1-21-16(11-4-6-22-13(7-11)8-15(17)20-22)14(9-19-21)23-10-12-3-2-5-18-12/h4,6-9,12,18H,2-3,5,10H2,1H3,(H2,17,20)/t12-/m1/s1. The van der Waals surface area contributed by atoms with E-state index < -0.39 is 0 Å². The van der Waals surface area contributed by atoms with E-state index in [4.69, 9.17) is 10.5 Å². The minimum Gasteiger partial charge on any atom is -0.488 e. The van der Waals surface area contributed by atoms with E-state index >= 15 is 0 Å². The Hall–Kier alpha value is -2.54. The van der Waals surface area contributed by atoms with Crippen LogP contribution in [0.1, 0.15) is 12.8 Å². The van der Waals surface area contributed by atoms with E-state index in [0.717, 1.165) is 35.5 Å². The van der Waals surface area contributed by atoms with Gasteiger partial charge in [-0.3, -0.25) is 4.68 Å². The number of rotatable bonds is 4. The van der Waals surface area contributed by atoms with E-state index in [1.165, 1.54) is 6.42 Å². The molecule has 0 amide bonds. The molecule has 0 radical (unpaired) electrons. The third-order valence-electron chi connectivity index (χ3n) is 4.26. The molecule has 1 atom stereocenters. The lowest BCUT2D eigenvalue weighted by Crippen LogP contribution is -2.28. The van der Waals surface area contributed by atoms with E-state index in [1.807, 2.05) is 36.1 Å². The number of nitrogen functional groups attached to an aromatic ring is 1. The van der Waals surface area contributed by atoms with Crippen LogP contribution in [0.5, 0.6) is 5.75 Å². The smallest absolute Gasteiger partial charge is 0.165 e. The van der Waals surface area contributed by atoms with Crippen LogP contribution < -0.4 is 15.8 Å². The molecule has 4 heterocycles. The summed E-state index contributed by atoms with van der Waals surface area (Å²) in [5.74, 6) is 1.31. The van der Waals surface area contributed by atoms with Gasteiger partial charge in [-0.15, -0.1) is 0 Å². The largest absolute Gasteiger partial charge is 0.488 e. The molecule has 1 aliphatic rings. The minimum absolute atomic E-state index is 0.431. The number of hydrogen-bond acceptors (Lipinski definition) is 5. The molecule has 0 aliphatic carbocycles. The van der Waals surface area contributed by atoms with Crippen molar-refractivity contribution >= 4 is 11.3 Å². The van der Waals surface area contributed by atoms with E-state index in [1.54, 1.807) is 10.7 Å². The van der Waals surface area contributed by atoms with Crippen LogP contribution in [0.2, 0.25) is 0 Å². The molecular formula is C16H20N6O. The maximum atomic E-state index is 6.02.